The van der Waals surface area contributed by atoms with Crippen LogP contribution in [0.4, 0.5) is 10.1 Å². The van der Waals surface area contributed by atoms with Gasteiger partial charge in [0.05, 0.1) is 11.4 Å². The zero-order valence-electron chi connectivity index (χ0n) is 10.9. The Morgan fingerprint density at radius 3 is 3.10 bits per heavy atom. The first-order chi connectivity index (χ1) is 10.1. The summed E-state index contributed by atoms with van der Waals surface area (Å²) < 4.78 is 15.5. The van der Waals surface area contributed by atoms with Crippen molar-refractivity contribution in [3.63, 3.8) is 0 Å². The van der Waals surface area contributed by atoms with Crippen LogP contribution in [0.5, 0.6) is 0 Å². The molecule has 0 bridgehead atoms. The van der Waals surface area contributed by atoms with Crippen LogP contribution in [0.1, 0.15) is 18.9 Å². The molecule has 1 amide bonds. The number of aromatic nitrogens is 3. The molecule has 0 aliphatic heterocycles. The van der Waals surface area contributed by atoms with Crippen molar-refractivity contribution in [2.24, 2.45) is 0 Å². The average molecular weight is 327 g/mol. The summed E-state index contributed by atoms with van der Waals surface area (Å²) in [6.07, 6.45) is 3.91. The molecule has 3 rings (SSSR count). The minimum Gasteiger partial charge on any atom is -0.323 e. The van der Waals surface area contributed by atoms with Gasteiger partial charge in [0.15, 0.2) is 5.16 Å². The molecule has 1 fully saturated rings. The average Bonchev–Trinajstić information content (AvgIpc) is 3.19. The fraction of sp³-hybridized carbons (Fsp3) is 0.308. The maximum Gasteiger partial charge on any atom is 0.234 e. The summed E-state index contributed by atoms with van der Waals surface area (Å²) >= 11 is 7.06. The lowest BCUT2D eigenvalue weighted by molar-refractivity contribution is -0.113. The summed E-state index contributed by atoms with van der Waals surface area (Å²) in [6, 6.07) is 4.48. The molecule has 0 atom stereocenters. The van der Waals surface area contributed by atoms with Gasteiger partial charge in [-0.15, -0.1) is 10.2 Å². The first-order valence-corrected chi connectivity index (χ1v) is 7.77. The van der Waals surface area contributed by atoms with Crippen molar-refractivity contribution in [2.75, 3.05) is 11.1 Å². The van der Waals surface area contributed by atoms with Crippen molar-refractivity contribution >= 4 is 35.0 Å². The Morgan fingerprint density at radius 2 is 2.33 bits per heavy atom. The van der Waals surface area contributed by atoms with E-state index < -0.39 is 5.82 Å². The molecule has 1 N–H and O–H groups in total. The highest BCUT2D eigenvalue weighted by Gasteiger charge is 2.26. The molecular formula is C13H12ClFN4OS. The zero-order valence-corrected chi connectivity index (χ0v) is 12.5. The van der Waals surface area contributed by atoms with Gasteiger partial charge in [-0.2, -0.15) is 0 Å². The number of carbonyl (C=O) groups excluding carboxylic acids is 1. The fourth-order valence-electron chi connectivity index (χ4n) is 1.85. The van der Waals surface area contributed by atoms with E-state index in [0.717, 1.165) is 12.8 Å². The van der Waals surface area contributed by atoms with Crippen molar-refractivity contribution in [1.82, 2.24) is 14.8 Å². The molecule has 8 heteroatoms. The van der Waals surface area contributed by atoms with E-state index in [1.165, 1.54) is 30.0 Å². The van der Waals surface area contributed by atoms with E-state index in [9.17, 15) is 9.18 Å². The fourth-order valence-corrected chi connectivity index (χ4v) is 2.80. The third kappa shape index (κ3) is 3.54. The second-order valence-electron chi connectivity index (χ2n) is 4.71. The maximum atomic E-state index is 13.5. The monoisotopic (exact) mass is 326 g/mol. The van der Waals surface area contributed by atoms with Crippen molar-refractivity contribution in [2.45, 2.75) is 24.0 Å². The molecule has 0 spiro atoms. The number of thioether (sulfide) groups is 1. The second-order valence-corrected chi connectivity index (χ2v) is 6.09. The summed E-state index contributed by atoms with van der Waals surface area (Å²) in [4.78, 5) is 11.9. The molecular weight excluding hydrogens is 315 g/mol. The van der Waals surface area contributed by atoms with Crippen molar-refractivity contribution in [3.8, 4) is 0 Å². The van der Waals surface area contributed by atoms with E-state index >= 15 is 0 Å². The molecule has 0 saturated heterocycles. The summed E-state index contributed by atoms with van der Waals surface area (Å²) in [5.41, 5.74) is 0.0803. The van der Waals surface area contributed by atoms with Crippen LogP contribution < -0.4 is 5.32 Å². The van der Waals surface area contributed by atoms with Gasteiger partial charge in [-0.05, 0) is 31.0 Å². The summed E-state index contributed by atoms with van der Waals surface area (Å²) in [6.45, 7) is 0. The summed E-state index contributed by atoms with van der Waals surface area (Å²) in [7, 11) is 0. The van der Waals surface area contributed by atoms with Crippen LogP contribution in [-0.4, -0.2) is 26.4 Å². The van der Waals surface area contributed by atoms with Gasteiger partial charge < -0.3 is 9.88 Å². The molecule has 21 heavy (non-hydrogen) atoms. The van der Waals surface area contributed by atoms with Crippen molar-refractivity contribution < 1.29 is 9.18 Å². The third-order valence-electron chi connectivity index (χ3n) is 3.02. The molecule has 1 saturated carbocycles. The SMILES string of the molecule is O=C(CSc1nncn1C1CC1)Nc1cc(Cl)ccc1F. The van der Waals surface area contributed by atoms with Gasteiger partial charge in [-0.1, -0.05) is 23.4 Å². The van der Waals surface area contributed by atoms with Crippen LogP contribution in [-0.2, 0) is 4.79 Å². The number of halogens is 2. The molecule has 0 radical (unpaired) electrons. The van der Waals surface area contributed by atoms with Gasteiger partial charge in [-0.25, -0.2) is 4.39 Å². The van der Waals surface area contributed by atoms with E-state index in [1.54, 1.807) is 6.33 Å². The number of nitrogens with zero attached hydrogens (tertiary/aromatic N) is 3. The topological polar surface area (TPSA) is 59.8 Å². The number of hydrogen-bond acceptors (Lipinski definition) is 4. The number of carbonyl (C=O) groups is 1. The molecule has 1 aromatic heterocycles. The van der Waals surface area contributed by atoms with Gasteiger partial charge >= 0.3 is 0 Å². The predicted octanol–water partition coefficient (Wildman–Crippen LogP) is 3.14. The van der Waals surface area contributed by atoms with E-state index in [0.29, 0.717) is 16.2 Å². The number of amides is 1. The molecule has 2 aromatic rings. The summed E-state index contributed by atoms with van der Waals surface area (Å²) in [5, 5.41) is 11.4. The minimum absolute atomic E-state index is 0.0803. The number of anilines is 1. The quantitative estimate of drug-likeness (QED) is 0.858. The summed E-state index contributed by atoms with van der Waals surface area (Å²) in [5.74, 6) is -0.692. The second kappa shape index (κ2) is 6.03. The van der Waals surface area contributed by atoms with E-state index in [4.69, 9.17) is 11.6 Å². The van der Waals surface area contributed by atoms with Gasteiger partial charge in [0.1, 0.15) is 12.1 Å². The van der Waals surface area contributed by atoms with Gasteiger partial charge in [0.2, 0.25) is 5.91 Å². The van der Waals surface area contributed by atoms with Gasteiger partial charge in [0.25, 0.3) is 0 Å². The Kier molecular flexibility index (Phi) is 4.12. The smallest absolute Gasteiger partial charge is 0.234 e. The van der Waals surface area contributed by atoms with E-state index in [-0.39, 0.29) is 17.3 Å². The number of benzene rings is 1. The third-order valence-corrected chi connectivity index (χ3v) is 4.21. The predicted molar refractivity (Wildman–Crippen MR) is 79.1 cm³/mol. The van der Waals surface area contributed by atoms with E-state index in [1.807, 2.05) is 4.57 Å². The Bertz CT molecular complexity index is 674. The lowest BCUT2D eigenvalue weighted by atomic mass is 10.3. The Labute approximate surface area is 129 Å². The van der Waals surface area contributed by atoms with Crippen LogP contribution >= 0.6 is 23.4 Å². The molecule has 5 nitrogen and oxygen atoms in total. The number of rotatable bonds is 5. The molecule has 1 aliphatic rings. The molecule has 1 heterocycles. The first-order valence-electron chi connectivity index (χ1n) is 6.40. The lowest BCUT2D eigenvalue weighted by Crippen LogP contribution is -2.15. The van der Waals surface area contributed by atoms with Crippen LogP contribution in [0.3, 0.4) is 0 Å². The Balaban J connectivity index is 1.59. The van der Waals surface area contributed by atoms with Gasteiger partial charge in [-0.3, -0.25) is 4.79 Å². The maximum absolute atomic E-state index is 13.5. The highest BCUT2D eigenvalue weighted by Crippen LogP contribution is 2.37. The molecule has 0 unspecified atom stereocenters. The first kappa shape index (κ1) is 14.3. The Morgan fingerprint density at radius 1 is 1.52 bits per heavy atom. The highest BCUT2D eigenvalue weighted by atomic mass is 35.5. The standard InChI is InChI=1S/C13H12ClFN4OS/c14-8-1-4-10(15)11(5-8)17-12(20)6-21-13-18-16-7-19(13)9-2-3-9/h1,4-5,7,9H,2-3,6H2,(H,17,20). The van der Waals surface area contributed by atoms with Crippen LogP contribution in [0.25, 0.3) is 0 Å². The number of nitrogens with one attached hydrogen (secondary N) is 1. The molecule has 1 aliphatic carbocycles. The van der Waals surface area contributed by atoms with Crippen LogP contribution in [0.15, 0.2) is 29.7 Å². The van der Waals surface area contributed by atoms with Gasteiger partial charge in [0, 0.05) is 11.1 Å². The minimum atomic E-state index is -0.515. The van der Waals surface area contributed by atoms with Crippen LogP contribution in [0.2, 0.25) is 5.02 Å². The number of hydrogen-bond donors (Lipinski definition) is 1. The normalized spacial score (nSPS) is 14.2. The van der Waals surface area contributed by atoms with Crippen molar-refractivity contribution in [1.29, 1.82) is 0 Å². The Hall–Kier alpha value is -1.60. The molecule has 110 valence electrons. The van der Waals surface area contributed by atoms with E-state index in [2.05, 4.69) is 15.5 Å². The van der Waals surface area contributed by atoms with Crippen molar-refractivity contribution in [3.05, 3.63) is 35.4 Å². The lowest BCUT2D eigenvalue weighted by Gasteiger charge is -2.07. The molecule has 1 aromatic carbocycles. The van der Waals surface area contributed by atoms with Crippen LogP contribution in [0, 0.1) is 5.82 Å². The highest BCUT2D eigenvalue weighted by molar-refractivity contribution is 7.99. The largest absolute Gasteiger partial charge is 0.323 e. The zero-order chi connectivity index (χ0) is 14.8.